The zero-order valence-corrected chi connectivity index (χ0v) is 13.1. The lowest BCUT2D eigenvalue weighted by molar-refractivity contribution is 0.616. The van der Waals surface area contributed by atoms with E-state index in [1.807, 2.05) is 0 Å². The number of rotatable bonds is 9. The van der Waals surface area contributed by atoms with Crippen molar-refractivity contribution in [3.63, 3.8) is 0 Å². The third-order valence-electron chi connectivity index (χ3n) is 3.12. The van der Waals surface area contributed by atoms with E-state index in [1.165, 1.54) is 32.1 Å². The van der Waals surface area contributed by atoms with Crippen LogP contribution in [0.15, 0.2) is 18.5 Å². The molecule has 2 aromatic heterocycles. The SMILES string of the molecule is CCCCCCCCNc1nc(Cl)nc(-n2cccn2)n1. The molecule has 0 aliphatic heterocycles. The summed E-state index contributed by atoms with van der Waals surface area (Å²) < 4.78 is 1.56. The number of nitrogens with one attached hydrogen (secondary N) is 1. The molecule has 0 spiro atoms. The van der Waals surface area contributed by atoms with E-state index in [0.29, 0.717) is 11.9 Å². The lowest BCUT2D eigenvalue weighted by Gasteiger charge is -2.06. The quantitative estimate of drug-likeness (QED) is 0.718. The molecule has 0 bridgehead atoms. The van der Waals surface area contributed by atoms with E-state index in [-0.39, 0.29) is 5.28 Å². The standard InChI is InChI=1S/C14H21ClN6/c1-2-3-4-5-6-7-9-16-13-18-12(15)19-14(20-13)21-11-8-10-17-21/h8,10-11H,2-7,9H2,1H3,(H,16,18,19,20). The predicted molar refractivity (Wildman–Crippen MR) is 83.8 cm³/mol. The molecule has 0 aliphatic carbocycles. The van der Waals surface area contributed by atoms with Gasteiger partial charge in [-0.1, -0.05) is 39.0 Å². The first kappa shape index (κ1) is 15.7. The van der Waals surface area contributed by atoms with Crippen LogP contribution in [0.5, 0.6) is 0 Å². The Balaban J connectivity index is 1.81. The van der Waals surface area contributed by atoms with Crippen molar-refractivity contribution in [1.82, 2.24) is 24.7 Å². The number of halogens is 1. The molecular weight excluding hydrogens is 288 g/mol. The Hall–Kier alpha value is -1.69. The molecule has 0 fully saturated rings. The highest BCUT2D eigenvalue weighted by Gasteiger charge is 2.06. The van der Waals surface area contributed by atoms with Crippen LogP contribution in [-0.4, -0.2) is 31.3 Å². The number of hydrogen-bond acceptors (Lipinski definition) is 5. The third-order valence-corrected chi connectivity index (χ3v) is 3.29. The molecule has 114 valence electrons. The van der Waals surface area contributed by atoms with Crippen LogP contribution < -0.4 is 5.32 Å². The van der Waals surface area contributed by atoms with Crippen LogP contribution in [0.3, 0.4) is 0 Å². The second-order valence-electron chi connectivity index (χ2n) is 4.87. The normalized spacial score (nSPS) is 10.8. The van der Waals surface area contributed by atoms with Crippen LogP contribution in [0.2, 0.25) is 5.28 Å². The molecule has 0 saturated heterocycles. The van der Waals surface area contributed by atoms with E-state index in [1.54, 1.807) is 23.1 Å². The summed E-state index contributed by atoms with van der Waals surface area (Å²) in [5, 5.41) is 7.44. The topological polar surface area (TPSA) is 68.5 Å². The van der Waals surface area contributed by atoms with E-state index in [0.717, 1.165) is 13.0 Å². The van der Waals surface area contributed by atoms with Crippen LogP contribution in [0.1, 0.15) is 45.4 Å². The van der Waals surface area contributed by atoms with Crippen molar-refractivity contribution in [1.29, 1.82) is 0 Å². The van der Waals surface area contributed by atoms with Crippen LogP contribution >= 0.6 is 11.6 Å². The van der Waals surface area contributed by atoms with Crippen molar-refractivity contribution in [3.8, 4) is 5.95 Å². The summed E-state index contributed by atoms with van der Waals surface area (Å²) in [7, 11) is 0. The van der Waals surface area contributed by atoms with Gasteiger partial charge in [-0.05, 0) is 24.1 Å². The molecule has 2 rings (SSSR count). The van der Waals surface area contributed by atoms with Crippen LogP contribution in [0.4, 0.5) is 5.95 Å². The predicted octanol–water partition coefficient (Wildman–Crippen LogP) is 3.48. The van der Waals surface area contributed by atoms with Crippen molar-refractivity contribution >= 4 is 17.5 Å². The molecule has 2 heterocycles. The molecule has 0 aliphatic rings. The van der Waals surface area contributed by atoms with Crippen molar-refractivity contribution < 1.29 is 0 Å². The average molecular weight is 309 g/mol. The molecule has 0 aromatic carbocycles. The van der Waals surface area contributed by atoms with Gasteiger partial charge in [-0.15, -0.1) is 0 Å². The first-order chi connectivity index (χ1) is 10.3. The Bertz CT molecular complexity index is 528. The molecule has 7 heteroatoms. The molecule has 1 N–H and O–H groups in total. The fourth-order valence-electron chi connectivity index (χ4n) is 2.01. The summed E-state index contributed by atoms with van der Waals surface area (Å²) in [5.74, 6) is 0.916. The molecule has 0 radical (unpaired) electrons. The van der Waals surface area contributed by atoms with Gasteiger partial charge in [0.1, 0.15) is 0 Å². The minimum absolute atomic E-state index is 0.168. The molecule has 2 aromatic rings. The van der Waals surface area contributed by atoms with Crippen molar-refractivity contribution in [2.24, 2.45) is 0 Å². The summed E-state index contributed by atoms with van der Waals surface area (Å²) in [6.07, 6.45) is 11.0. The number of anilines is 1. The second-order valence-corrected chi connectivity index (χ2v) is 5.21. The van der Waals surface area contributed by atoms with Gasteiger partial charge in [0.15, 0.2) is 0 Å². The van der Waals surface area contributed by atoms with Gasteiger partial charge in [0.05, 0.1) is 0 Å². The summed E-state index contributed by atoms with van der Waals surface area (Å²) in [6, 6.07) is 1.81. The van der Waals surface area contributed by atoms with E-state index < -0.39 is 0 Å². The Labute approximate surface area is 130 Å². The minimum atomic E-state index is 0.168. The Morgan fingerprint density at radius 1 is 1.10 bits per heavy atom. The Morgan fingerprint density at radius 3 is 2.67 bits per heavy atom. The van der Waals surface area contributed by atoms with Crippen LogP contribution in [-0.2, 0) is 0 Å². The maximum Gasteiger partial charge on any atom is 0.256 e. The monoisotopic (exact) mass is 308 g/mol. The Kier molecular flexibility index (Phi) is 6.40. The molecule has 0 saturated carbocycles. The van der Waals surface area contributed by atoms with Gasteiger partial charge in [0, 0.05) is 18.9 Å². The lowest BCUT2D eigenvalue weighted by Crippen LogP contribution is -2.10. The van der Waals surface area contributed by atoms with Crippen molar-refractivity contribution in [2.75, 3.05) is 11.9 Å². The molecule has 0 unspecified atom stereocenters. The number of aromatic nitrogens is 5. The van der Waals surface area contributed by atoms with Gasteiger partial charge in [-0.25, -0.2) is 4.68 Å². The number of unbranched alkanes of at least 4 members (excludes halogenated alkanes) is 5. The highest BCUT2D eigenvalue weighted by molar-refractivity contribution is 6.28. The third kappa shape index (κ3) is 5.30. The maximum absolute atomic E-state index is 5.92. The largest absolute Gasteiger partial charge is 0.354 e. The van der Waals surface area contributed by atoms with Gasteiger partial charge in [0.2, 0.25) is 11.2 Å². The molecule has 0 atom stereocenters. The van der Waals surface area contributed by atoms with Crippen LogP contribution in [0, 0.1) is 0 Å². The van der Waals surface area contributed by atoms with Gasteiger partial charge < -0.3 is 5.32 Å². The zero-order chi connectivity index (χ0) is 14.9. The second kappa shape index (κ2) is 8.56. The van der Waals surface area contributed by atoms with Crippen molar-refractivity contribution in [3.05, 3.63) is 23.7 Å². The zero-order valence-electron chi connectivity index (χ0n) is 12.3. The highest BCUT2D eigenvalue weighted by Crippen LogP contribution is 2.10. The Morgan fingerprint density at radius 2 is 1.90 bits per heavy atom. The van der Waals surface area contributed by atoms with Gasteiger partial charge in [-0.2, -0.15) is 20.1 Å². The average Bonchev–Trinajstić information content (AvgIpc) is 3.00. The fraction of sp³-hybridized carbons (Fsp3) is 0.571. The number of nitrogens with zero attached hydrogens (tertiary/aromatic N) is 5. The molecular formula is C14H21ClN6. The molecule has 6 nitrogen and oxygen atoms in total. The first-order valence-electron chi connectivity index (χ1n) is 7.45. The summed E-state index contributed by atoms with van der Waals surface area (Å²) >= 11 is 5.92. The number of hydrogen-bond donors (Lipinski definition) is 1. The minimum Gasteiger partial charge on any atom is -0.354 e. The van der Waals surface area contributed by atoms with E-state index in [4.69, 9.17) is 11.6 Å². The van der Waals surface area contributed by atoms with Crippen molar-refractivity contribution in [2.45, 2.75) is 45.4 Å². The maximum atomic E-state index is 5.92. The fourth-order valence-corrected chi connectivity index (χ4v) is 2.17. The molecule has 21 heavy (non-hydrogen) atoms. The van der Waals surface area contributed by atoms with Gasteiger partial charge in [-0.3, -0.25) is 0 Å². The molecule has 0 amide bonds. The lowest BCUT2D eigenvalue weighted by atomic mass is 10.1. The first-order valence-corrected chi connectivity index (χ1v) is 7.83. The smallest absolute Gasteiger partial charge is 0.256 e. The summed E-state index contributed by atoms with van der Waals surface area (Å²) in [4.78, 5) is 12.4. The van der Waals surface area contributed by atoms with E-state index in [2.05, 4.69) is 32.3 Å². The highest BCUT2D eigenvalue weighted by atomic mass is 35.5. The van der Waals surface area contributed by atoms with E-state index >= 15 is 0 Å². The van der Waals surface area contributed by atoms with Crippen LogP contribution in [0.25, 0.3) is 5.95 Å². The summed E-state index contributed by atoms with van der Waals surface area (Å²) in [5.41, 5.74) is 0. The van der Waals surface area contributed by atoms with Gasteiger partial charge >= 0.3 is 0 Å². The van der Waals surface area contributed by atoms with E-state index in [9.17, 15) is 0 Å². The van der Waals surface area contributed by atoms with Gasteiger partial charge in [0.25, 0.3) is 5.95 Å². The summed E-state index contributed by atoms with van der Waals surface area (Å²) in [6.45, 7) is 3.06.